The SMILES string of the molecule is CC(C)CSCCCNCc1ccccn1. The van der Waals surface area contributed by atoms with E-state index in [2.05, 4.69) is 42.0 Å². The van der Waals surface area contributed by atoms with Crippen molar-refractivity contribution in [3.63, 3.8) is 0 Å². The Kier molecular flexibility index (Phi) is 7.26. The Labute approximate surface area is 103 Å². The second-order valence-corrected chi connectivity index (χ2v) is 5.47. The largest absolute Gasteiger partial charge is 0.311 e. The number of pyridine rings is 1. The molecule has 0 atom stereocenters. The molecule has 0 aliphatic heterocycles. The van der Waals surface area contributed by atoms with Gasteiger partial charge in [0.2, 0.25) is 0 Å². The predicted molar refractivity (Wildman–Crippen MR) is 72.7 cm³/mol. The molecule has 0 bridgehead atoms. The standard InChI is InChI=1S/C13H22N2S/c1-12(2)11-16-9-5-7-14-10-13-6-3-4-8-15-13/h3-4,6,8,12,14H,5,7,9-11H2,1-2H3. The molecule has 1 aromatic heterocycles. The Morgan fingerprint density at radius 1 is 1.38 bits per heavy atom. The maximum Gasteiger partial charge on any atom is 0.0541 e. The number of hydrogen-bond acceptors (Lipinski definition) is 3. The summed E-state index contributed by atoms with van der Waals surface area (Å²) in [4.78, 5) is 4.27. The molecule has 1 rings (SSSR count). The van der Waals surface area contributed by atoms with Gasteiger partial charge in [-0.1, -0.05) is 19.9 Å². The van der Waals surface area contributed by atoms with Crippen LogP contribution in [-0.2, 0) is 6.54 Å². The van der Waals surface area contributed by atoms with Gasteiger partial charge >= 0.3 is 0 Å². The van der Waals surface area contributed by atoms with Gasteiger partial charge in [0.15, 0.2) is 0 Å². The normalized spacial score (nSPS) is 10.9. The molecule has 0 aromatic carbocycles. The topological polar surface area (TPSA) is 24.9 Å². The smallest absolute Gasteiger partial charge is 0.0541 e. The van der Waals surface area contributed by atoms with E-state index in [4.69, 9.17) is 0 Å². The lowest BCUT2D eigenvalue weighted by atomic mass is 10.3. The van der Waals surface area contributed by atoms with E-state index in [0.717, 1.165) is 24.7 Å². The van der Waals surface area contributed by atoms with E-state index in [1.54, 1.807) is 0 Å². The first-order valence-electron chi connectivity index (χ1n) is 5.97. The molecule has 0 saturated carbocycles. The lowest BCUT2D eigenvalue weighted by Gasteiger charge is -2.05. The summed E-state index contributed by atoms with van der Waals surface area (Å²) in [5, 5.41) is 3.41. The molecule has 2 nitrogen and oxygen atoms in total. The molecule has 16 heavy (non-hydrogen) atoms. The van der Waals surface area contributed by atoms with Crippen LogP contribution in [0.4, 0.5) is 0 Å². The third kappa shape index (κ3) is 6.85. The lowest BCUT2D eigenvalue weighted by molar-refractivity contribution is 0.666. The fraction of sp³-hybridized carbons (Fsp3) is 0.615. The maximum absolute atomic E-state index is 4.27. The van der Waals surface area contributed by atoms with Crippen molar-refractivity contribution in [1.82, 2.24) is 10.3 Å². The Balaban J connectivity index is 1.93. The summed E-state index contributed by atoms with van der Waals surface area (Å²) >= 11 is 2.05. The third-order valence-electron chi connectivity index (χ3n) is 2.13. The van der Waals surface area contributed by atoms with Gasteiger partial charge < -0.3 is 5.32 Å². The summed E-state index contributed by atoms with van der Waals surface area (Å²) in [5.41, 5.74) is 1.12. The Morgan fingerprint density at radius 3 is 2.94 bits per heavy atom. The monoisotopic (exact) mass is 238 g/mol. The fourth-order valence-corrected chi connectivity index (χ4v) is 2.32. The minimum absolute atomic E-state index is 0.812. The molecule has 0 radical (unpaired) electrons. The highest BCUT2D eigenvalue weighted by Crippen LogP contribution is 2.07. The lowest BCUT2D eigenvalue weighted by Crippen LogP contribution is -2.16. The quantitative estimate of drug-likeness (QED) is 0.705. The second-order valence-electron chi connectivity index (χ2n) is 4.32. The first kappa shape index (κ1) is 13.5. The zero-order valence-electron chi connectivity index (χ0n) is 10.3. The van der Waals surface area contributed by atoms with Gasteiger partial charge in [-0.25, -0.2) is 0 Å². The number of rotatable bonds is 8. The Bertz CT molecular complexity index is 262. The van der Waals surface area contributed by atoms with E-state index in [-0.39, 0.29) is 0 Å². The molecule has 3 heteroatoms. The van der Waals surface area contributed by atoms with Crippen LogP contribution in [0.5, 0.6) is 0 Å². The molecular formula is C13H22N2S. The van der Waals surface area contributed by atoms with Gasteiger partial charge in [-0.05, 0) is 42.5 Å². The van der Waals surface area contributed by atoms with Crippen molar-refractivity contribution >= 4 is 11.8 Å². The van der Waals surface area contributed by atoms with Crippen LogP contribution < -0.4 is 5.32 Å². The molecule has 0 unspecified atom stereocenters. The Hall–Kier alpha value is -0.540. The second kappa shape index (κ2) is 8.59. The molecule has 1 aromatic rings. The number of thioether (sulfide) groups is 1. The zero-order chi connectivity index (χ0) is 11.6. The molecule has 0 saturated heterocycles. The highest BCUT2D eigenvalue weighted by molar-refractivity contribution is 7.99. The summed E-state index contributed by atoms with van der Waals surface area (Å²) in [7, 11) is 0. The van der Waals surface area contributed by atoms with Crippen molar-refractivity contribution < 1.29 is 0 Å². The van der Waals surface area contributed by atoms with Crippen molar-refractivity contribution in [2.45, 2.75) is 26.8 Å². The predicted octanol–water partition coefficient (Wildman–Crippen LogP) is 2.95. The van der Waals surface area contributed by atoms with E-state index in [9.17, 15) is 0 Å². The maximum atomic E-state index is 4.27. The van der Waals surface area contributed by atoms with Crippen molar-refractivity contribution in [2.75, 3.05) is 18.1 Å². The molecule has 0 aliphatic carbocycles. The average Bonchev–Trinajstić information content (AvgIpc) is 2.29. The first-order valence-corrected chi connectivity index (χ1v) is 7.13. The molecule has 1 N–H and O–H groups in total. The van der Waals surface area contributed by atoms with E-state index in [0.29, 0.717) is 0 Å². The van der Waals surface area contributed by atoms with Gasteiger partial charge in [-0.3, -0.25) is 4.98 Å². The molecule has 0 fully saturated rings. The third-order valence-corrected chi connectivity index (χ3v) is 3.61. The van der Waals surface area contributed by atoms with Crippen LogP contribution in [0.3, 0.4) is 0 Å². The van der Waals surface area contributed by atoms with Gasteiger partial charge in [0, 0.05) is 12.7 Å². The van der Waals surface area contributed by atoms with E-state index >= 15 is 0 Å². The van der Waals surface area contributed by atoms with Gasteiger partial charge in [0.05, 0.1) is 5.69 Å². The van der Waals surface area contributed by atoms with E-state index in [1.165, 1.54) is 17.9 Å². The van der Waals surface area contributed by atoms with Crippen LogP contribution >= 0.6 is 11.8 Å². The van der Waals surface area contributed by atoms with Crippen LogP contribution in [0.1, 0.15) is 26.0 Å². The van der Waals surface area contributed by atoms with Crippen LogP contribution in [-0.4, -0.2) is 23.0 Å². The van der Waals surface area contributed by atoms with Gasteiger partial charge in [-0.2, -0.15) is 11.8 Å². The summed E-state index contributed by atoms with van der Waals surface area (Å²) in [6.45, 7) is 6.51. The molecule has 1 heterocycles. The highest BCUT2D eigenvalue weighted by Gasteiger charge is 1.95. The molecule has 0 amide bonds. The Morgan fingerprint density at radius 2 is 2.25 bits per heavy atom. The molecular weight excluding hydrogens is 216 g/mol. The molecule has 90 valence electrons. The average molecular weight is 238 g/mol. The van der Waals surface area contributed by atoms with Crippen molar-refractivity contribution in [3.8, 4) is 0 Å². The summed E-state index contributed by atoms with van der Waals surface area (Å²) in [6.07, 6.45) is 3.08. The molecule has 0 aliphatic rings. The van der Waals surface area contributed by atoms with Crippen LogP contribution in [0, 0.1) is 5.92 Å². The number of nitrogens with one attached hydrogen (secondary N) is 1. The van der Waals surface area contributed by atoms with Crippen molar-refractivity contribution in [3.05, 3.63) is 30.1 Å². The van der Waals surface area contributed by atoms with Gasteiger partial charge in [0.1, 0.15) is 0 Å². The van der Waals surface area contributed by atoms with Crippen molar-refractivity contribution in [2.24, 2.45) is 5.92 Å². The van der Waals surface area contributed by atoms with E-state index < -0.39 is 0 Å². The first-order chi connectivity index (χ1) is 7.79. The summed E-state index contributed by atoms with van der Waals surface area (Å²) < 4.78 is 0. The van der Waals surface area contributed by atoms with Crippen LogP contribution in [0.2, 0.25) is 0 Å². The van der Waals surface area contributed by atoms with Gasteiger partial charge in [0.25, 0.3) is 0 Å². The number of aromatic nitrogens is 1. The van der Waals surface area contributed by atoms with Crippen LogP contribution in [0.25, 0.3) is 0 Å². The summed E-state index contributed by atoms with van der Waals surface area (Å²) in [6, 6.07) is 6.04. The van der Waals surface area contributed by atoms with Crippen LogP contribution in [0.15, 0.2) is 24.4 Å². The number of hydrogen-bond donors (Lipinski definition) is 1. The highest BCUT2D eigenvalue weighted by atomic mass is 32.2. The zero-order valence-corrected chi connectivity index (χ0v) is 11.1. The minimum atomic E-state index is 0.812. The van der Waals surface area contributed by atoms with Gasteiger partial charge in [-0.15, -0.1) is 0 Å². The summed E-state index contributed by atoms with van der Waals surface area (Å²) in [5.74, 6) is 3.35. The van der Waals surface area contributed by atoms with Crippen molar-refractivity contribution in [1.29, 1.82) is 0 Å². The molecule has 0 spiro atoms. The number of nitrogens with zero attached hydrogens (tertiary/aromatic N) is 1. The minimum Gasteiger partial charge on any atom is -0.311 e. The fourth-order valence-electron chi connectivity index (χ4n) is 1.34. The van der Waals surface area contributed by atoms with E-state index in [1.807, 2.05) is 18.3 Å².